The first kappa shape index (κ1) is 19.7. The number of hydrogen-bond acceptors (Lipinski definition) is 6. The summed E-state index contributed by atoms with van der Waals surface area (Å²) in [5.74, 6) is 1.66. The Balaban J connectivity index is 1.86. The van der Waals surface area contributed by atoms with Crippen molar-refractivity contribution in [2.24, 2.45) is 11.8 Å². The van der Waals surface area contributed by atoms with Crippen LogP contribution in [0.5, 0.6) is 11.5 Å². The molecule has 0 unspecified atom stereocenters. The van der Waals surface area contributed by atoms with Gasteiger partial charge in [-0.25, -0.2) is 0 Å². The van der Waals surface area contributed by atoms with Crippen LogP contribution in [0.3, 0.4) is 0 Å². The van der Waals surface area contributed by atoms with Crippen molar-refractivity contribution in [3.05, 3.63) is 23.3 Å². The lowest BCUT2D eigenvalue weighted by atomic mass is 9.74. The van der Waals surface area contributed by atoms with E-state index in [1.807, 2.05) is 0 Å². The molecule has 148 valence electrons. The first-order valence-corrected chi connectivity index (χ1v) is 9.57. The molecule has 1 saturated heterocycles. The summed E-state index contributed by atoms with van der Waals surface area (Å²) >= 11 is 0. The van der Waals surface area contributed by atoms with Crippen molar-refractivity contribution >= 4 is 11.8 Å². The fraction of sp³-hybridized carbons (Fsp3) is 0.619. The minimum Gasteiger partial charge on any atom is -0.493 e. The molecule has 0 saturated carbocycles. The van der Waals surface area contributed by atoms with E-state index in [0.717, 1.165) is 43.9 Å². The minimum atomic E-state index is -0.272. The standard InChI is InChI=1S/C21H29NO5/c1-13(23)18-12-22-7-5-15-10-20(25-3)21(26-4)11-17(15)19(22)9-16(18)6-8-27-14(2)24/h10-11,16,18-19H,5-9,12H2,1-4H3/t16-,18+,19-/m0/s1. The smallest absolute Gasteiger partial charge is 0.302 e. The summed E-state index contributed by atoms with van der Waals surface area (Å²) in [6.07, 6.45) is 2.54. The number of methoxy groups -OCH3 is 2. The Hall–Kier alpha value is -2.08. The van der Waals surface area contributed by atoms with E-state index in [9.17, 15) is 9.59 Å². The van der Waals surface area contributed by atoms with Gasteiger partial charge in [-0.3, -0.25) is 14.5 Å². The Bertz CT molecular complexity index is 717. The first-order chi connectivity index (χ1) is 12.9. The van der Waals surface area contributed by atoms with Crippen molar-refractivity contribution in [2.45, 2.75) is 39.2 Å². The molecule has 27 heavy (non-hydrogen) atoms. The van der Waals surface area contributed by atoms with Gasteiger partial charge in [-0.15, -0.1) is 0 Å². The molecule has 1 aromatic rings. The number of piperidine rings is 1. The van der Waals surface area contributed by atoms with Gasteiger partial charge in [-0.1, -0.05) is 0 Å². The molecule has 3 rings (SSSR count). The van der Waals surface area contributed by atoms with Crippen LogP contribution in [0.1, 0.15) is 43.9 Å². The lowest BCUT2D eigenvalue weighted by Crippen LogP contribution is -2.48. The van der Waals surface area contributed by atoms with Crippen LogP contribution in [-0.2, 0) is 20.7 Å². The summed E-state index contributed by atoms with van der Waals surface area (Å²) in [5, 5.41) is 0. The second-order valence-electron chi connectivity index (χ2n) is 7.51. The van der Waals surface area contributed by atoms with Gasteiger partial charge in [-0.05, 0) is 55.4 Å². The van der Waals surface area contributed by atoms with Gasteiger partial charge in [0.15, 0.2) is 11.5 Å². The van der Waals surface area contributed by atoms with Crippen LogP contribution in [-0.4, -0.2) is 50.6 Å². The molecular weight excluding hydrogens is 346 g/mol. The quantitative estimate of drug-likeness (QED) is 0.713. The average Bonchev–Trinajstić information content (AvgIpc) is 2.65. The maximum Gasteiger partial charge on any atom is 0.302 e. The minimum absolute atomic E-state index is 0.00139. The van der Waals surface area contributed by atoms with Crippen LogP contribution in [0.25, 0.3) is 0 Å². The van der Waals surface area contributed by atoms with Crippen LogP contribution < -0.4 is 9.47 Å². The molecule has 2 aliphatic heterocycles. The Labute approximate surface area is 160 Å². The largest absolute Gasteiger partial charge is 0.493 e. The van der Waals surface area contributed by atoms with Gasteiger partial charge < -0.3 is 14.2 Å². The monoisotopic (exact) mass is 375 g/mol. The molecule has 0 N–H and O–H groups in total. The summed E-state index contributed by atoms with van der Waals surface area (Å²) in [4.78, 5) is 25.8. The van der Waals surface area contributed by atoms with Gasteiger partial charge >= 0.3 is 5.97 Å². The molecule has 6 nitrogen and oxygen atoms in total. The molecule has 3 atom stereocenters. The van der Waals surface area contributed by atoms with Crippen molar-refractivity contribution in [1.29, 1.82) is 0 Å². The lowest BCUT2D eigenvalue weighted by Gasteiger charge is -2.46. The number of esters is 1. The van der Waals surface area contributed by atoms with Gasteiger partial charge in [0.05, 0.1) is 20.8 Å². The molecule has 0 amide bonds. The highest BCUT2D eigenvalue weighted by Gasteiger charge is 2.40. The van der Waals surface area contributed by atoms with E-state index < -0.39 is 0 Å². The zero-order chi connectivity index (χ0) is 19.6. The number of benzene rings is 1. The number of carbonyl (C=O) groups excluding carboxylic acids is 2. The van der Waals surface area contributed by atoms with Crippen molar-refractivity contribution in [1.82, 2.24) is 4.90 Å². The number of rotatable bonds is 6. The average molecular weight is 375 g/mol. The van der Waals surface area contributed by atoms with E-state index >= 15 is 0 Å². The van der Waals surface area contributed by atoms with Crippen molar-refractivity contribution in [3.63, 3.8) is 0 Å². The summed E-state index contributed by atoms with van der Waals surface area (Å²) in [6.45, 7) is 5.17. The molecule has 0 aliphatic carbocycles. The first-order valence-electron chi connectivity index (χ1n) is 9.57. The van der Waals surface area contributed by atoms with Gasteiger partial charge in [0.2, 0.25) is 0 Å². The van der Waals surface area contributed by atoms with Crippen LogP contribution in [0.2, 0.25) is 0 Å². The van der Waals surface area contributed by atoms with E-state index in [1.54, 1.807) is 21.1 Å². The fourth-order valence-electron chi connectivity index (χ4n) is 4.56. The molecule has 0 aromatic heterocycles. The maximum atomic E-state index is 12.2. The van der Waals surface area contributed by atoms with Crippen LogP contribution in [0.15, 0.2) is 12.1 Å². The van der Waals surface area contributed by atoms with Crippen LogP contribution >= 0.6 is 0 Å². The Morgan fingerprint density at radius 2 is 1.85 bits per heavy atom. The molecule has 0 bridgehead atoms. The molecule has 1 aromatic carbocycles. The molecule has 0 radical (unpaired) electrons. The van der Waals surface area contributed by atoms with E-state index in [2.05, 4.69) is 17.0 Å². The molecule has 1 fully saturated rings. The third kappa shape index (κ3) is 4.10. The highest BCUT2D eigenvalue weighted by molar-refractivity contribution is 5.79. The normalized spacial score (nSPS) is 24.5. The van der Waals surface area contributed by atoms with Crippen molar-refractivity contribution < 1.29 is 23.8 Å². The highest BCUT2D eigenvalue weighted by Crippen LogP contribution is 2.45. The summed E-state index contributed by atoms with van der Waals surface area (Å²) in [7, 11) is 3.31. The van der Waals surface area contributed by atoms with Crippen LogP contribution in [0, 0.1) is 11.8 Å². The summed E-state index contributed by atoms with van der Waals surface area (Å²) in [5.41, 5.74) is 2.55. The van der Waals surface area contributed by atoms with E-state index in [1.165, 1.54) is 18.1 Å². The predicted molar refractivity (Wildman–Crippen MR) is 101 cm³/mol. The van der Waals surface area contributed by atoms with Crippen molar-refractivity contribution in [3.8, 4) is 11.5 Å². The second kappa shape index (κ2) is 8.30. The lowest BCUT2D eigenvalue weighted by molar-refractivity contribution is -0.141. The zero-order valence-corrected chi connectivity index (χ0v) is 16.6. The molecule has 2 heterocycles. The topological polar surface area (TPSA) is 65.1 Å². The van der Waals surface area contributed by atoms with Gasteiger partial charge in [-0.2, -0.15) is 0 Å². The van der Waals surface area contributed by atoms with Crippen molar-refractivity contribution in [2.75, 3.05) is 33.9 Å². The maximum absolute atomic E-state index is 12.2. The SMILES string of the molecule is COc1cc2c(cc1OC)[C@@H]1C[C@H](CCOC(C)=O)[C@@H](C(C)=O)CN1CC2. The third-order valence-electron chi connectivity index (χ3n) is 5.96. The van der Waals surface area contributed by atoms with Gasteiger partial charge in [0.1, 0.15) is 5.78 Å². The van der Waals surface area contributed by atoms with E-state index in [-0.39, 0.29) is 29.6 Å². The second-order valence-corrected chi connectivity index (χ2v) is 7.51. The van der Waals surface area contributed by atoms with Gasteiger partial charge in [0, 0.05) is 32.0 Å². The zero-order valence-electron chi connectivity index (χ0n) is 16.6. The summed E-state index contributed by atoms with van der Waals surface area (Å²) in [6, 6.07) is 4.42. The number of nitrogens with zero attached hydrogens (tertiary/aromatic N) is 1. The number of hydrogen-bond donors (Lipinski definition) is 0. The highest BCUT2D eigenvalue weighted by atomic mass is 16.5. The Morgan fingerprint density at radius 1 is 1.15 bits per heavy atom. The van der Waals surface area contributed by atoms with E-state index in [4.69, 9.17) is 14.2 Å². The van der Waals surface area contributed by atoms with E-state index in [0.29, 0.717) is 6.61 Å². The molecule has 2 aliphatic rings. The number of ketones is 1. The molecule has 0 spiro atoms. The van der Waals surface area contributed by atoms with Gasteiger partial charge in [0.25, 0.3) is 0 Å². The molecular formula is C21H29NO5. The molecule has 6 heteroatoms. The van der Waals surface area contributed by atoms with Crippen LogP contribution in [0.4, 0.5) is 0 Å². The number of ether oxygens (including phenoxy) is 3. The number of carbonyl (C=O) groups is 2. The third-order valence-corrected chi connectivity index (χ3v) is 5.96. The predicted octanol–water partition coefficient (Wildman–Crippen LogP) is 2.78. The summed E-state index contributed by atoms with van der Waals surface area (Å²) < 4.78 is 16.1. The fourth-order valence-corrected chi connectivity index (χ4v) is 4.56. The Morgan fingerprint density at radius 3 is 2.48 bits per heavy atom. The number of Topliss-reactive ketones (excluding diaryl/α,β-unsaturated/α-hetero) is 1. The Kier molecular flexibility index (Phi) is 6.05. The number of fused-ring (bicyclic) bond motifs is 3.